The molecule has 0 atom stereocenters. The Morgan fingerprint density at radius 3 is 2.58 bits per heavy atom. The van der Waals surface area contributed by atoms with Crippen LogP contribution in [-0.2, 0) is 0 Å². The molecule has 2 aromatic rings. The molecular weight excluding hydrogens is 256 g/mol. The molecule has 0 radical (unpaired) electrons. The van der Waals surface area contributed by atoms with Gasteiger partial charge in [-0.3, -0.25) is 4.79 Å². The van der Waals surface area contributed by atoms with Crippen molar-refractivity contribution in [1.82, 2.24) is 0 Å². The highest BCUT2D eigenvalue weighted by atomic mass is 32.2. The average molecular weight is 272 g/mol. The highest BCUT2D eigenvalue weighted by Crippen LogP contribution is 2.20. The Labute approximate surface area is 117 Å². The first kappa shape index (κ1) is 13.7. The molecule has 0 heterocycles. The normalized spacial score (nSPS) is 10.2. The van der Waals surface area contributed by atoms with E-state index in [1.54, 1.807) is 17.8 Å². The van der Waals surface area contributed by atoms with E-state index < -0.39 is 0 Å². The third-order valence-electron chi connectivity index (χ3n) is 2.68. The highest BCUT2D eigenvalue weighted by molar-refractivity contribution is 7.99. The molecule has 0 saturated heterocycles. The van der Waals surface area contributed by atoms with Crippen LogP contribution in [0.1, 0.15) is 15.9 Å². The summed E-state index contributed by atoms with van der Waals surface area (Å²) in [7, 11) is 0. The van der Waals surface area contributed by atoms with Gasteiger partial charge in [0.25, 0.3) is 0 Å². The summed E-state index contributed by atoms with van der Waals surface area (Å²) in [6, 6.07) is 15.7. The summed E-state index contributed by atoms with van der Waals surface area (Å²) in [6.07, 6.45) is 0.822. The van der Waals surface area contributed by atoms with Gasteiger partial charge in [-0.2, -0.15) is 0 Å². The molecule has 98 valence electrons. The Morgan fingerprint density at radius 2 is 1.84 bits per heavy atom. The van der Waals surface area contributed by atoms with Gasteiger partial charge in [0, 0.05) is 10.6 Å². The van der Waals surface area contributed by atoms with Crippen molar-refractivity contribution in [3.8, 4) is 5.75 Å². The zero-order valence-electron chi connectivity index (χ0n) is 10.8. The Bertz CT molecular complexity index is 535. The molecular formula is C16H16O2S. The van der Waals surface area contributed by atoms with Crippen molar-refractivity contribution in [3.05, 3.63) is 59.7 Å². The minimum atomic E-state index is 0.587. The van der Waals surface area contributed by atoms with Gasteiger partial charge >= 0.3 is 0 Å². The van der Waals surface area contributed by atoms with Crippen molar-refractivity contribution in [3.63, 3.8) is 0 Å². The maximum atomic E-state index is 10.8. The summed E-state index contributed by atoms with van der Waals surface area (Å²) in [6.45, 7) is 2.66. The lowest BCUT2D eigenvalue weighted by molar-refractivity contribution is 0.112. The van der Waals surface area contributed by atoms with Gasteiger partial charge in [-0.25, -0.2) is 0 Å². The second kappa shape index (κ2) is 7.00. The van der Waals surface area contributed by atoms with Crippen LogP contribution in [0.4, 0.5) is 0 Å². The van der Waals surface area contributed by atoms with Crippen LogP contribution in [0.3, 0.4) is 0 Å². The predicted molar refractivity (Wildman–Crippen MR) is 79.2 cm³/mol. The molecule has 0 N–H and O–H groups in total. The van der Waals surface area contributed by atoms with Gasteiger partial charge in [0.1, 0.15) is 5.75 Å². The lowest BCUT2D eigenvalue weighted by Gasteiger charge is -2.08. The van der Waals surface area contributed by atoms with Gasteiger partial charge in [-0.1, -0.05) is 29.8 Å². The van der Waals surface area contributed by atoms with Gasteiger partial charge < -0.3 is 4.74 Å². The maximum absolute atomic E-state index is 10.8. The standard InChI is InChI=1S/C16H16O2S/c1-13-6-8-15(9-7-13)19-11-10-18-16-5-3-2-4-14(16)12-17/h2-9,12H,10-11H2,1H3. The Balaban J connectivity index is 1.80. The van der Waals surface area contributed by atoms with E-state index in [4.69, 9.17) is 4.74 Å². The minimum Gasteiger partial charge on any atom is -0.492 e. The zero-order valence-corrected chi connectivity index (χ0v) is 11.7. The molecule has 0 spiro atoms. The van der Waals surface area contributed by atoms with Crippen molar-refractivity contribution >= 4 is 18.0 Å². The van der Waals surface area contributed by atoms with Crippen LogP contribution >= 0.6 is 11.8 Å². The fourth-order valence-corrected chi connectivity index (χ4v) is 2.39. The topological polar surface area (TPSA) is 26.3 Å². The number of aryl methyl sites for hydroxylation is 1. The van der Waals surface area contributed by atoms with Crippen LogP contribution in [0.2, 0.25) is 0 Å². The first-order valence-corrected chi connectivity index (χ1v) is 7.14. The van der Waals surface area contributed by atoms with Crippen molar-refractivity contribution in [2.75, 3.05) is 12.4 Å². The second-order valence-corrected chi connectivity index (χ2v) is 5.33. The van der Waals surface area contributed by atoms with Gasteiger partial charge in [-0.05, 0) is 31.2 Å². The lowest BCUT2D eigenvalue weighted by atomic mass is 10.2. The third kappa shape index (κ3) is 4.14. The summed E-state index contributed by atoms with van der Waals surface area (Å²) >= 11 is 1.75. The van der Waals surface area contributed by atoms with E-state index in [1.165, 1.54) is 10.5 Å². The molecule has 0 amide bonds. The van der Waals surface area contributed by atoms with E-state index in [9.17, 15) is 4.79 Å². The molecule has 0 aliphatic carbocycles. The number of carbonyl (C=O) groups is 1. The van der Waals surface area contributed by atoms with E-state index >= 15 is 0 Å². The van der Waals surface area contributed by atoms with E-state index in [-0.39, 0.29) is 0 Å². The number of carbonyl (C=O) groups excluding carboxylic acids is 1. The smallest absolute Gasteiger partial charge is 0.153 e. The maximum Gasteiger partial charge on any atom is 0.153 e. The fraction of sp³-hybridized carbons (Fsp3) is 0.188. The van der Waals surface area contributed by atoms with Crippen LogP contribution in [-0.4, -0.2) is 18.6 Å². The molecule has 2 nitrogen and oxygen atoms in total. The van der Waals surface area contributed by atoms with Crippen molar-refractivity contribution in [2.45, 2.75) is 11.8 Å². The Hall–Kier alpha value is -1.74. The Morgan fingerprint density at radius 1 is 1.11 bits per heavy atom. The number of ether oxygens (including phenoxy) is 1. The number of hydrogen-bond acceptors (Lipinski definition) is 3. The Kier molecular flexibility index (Phi) is 5.04. The summed E-state index contributed by atoms with van der Waals surface area (Å²) in [4.78, 5) is 12.1. The molecule has 3 heteroatoms. The number of thioether (sulfide) groups is 1. The van der Waals surface area contributed by atoms with Crippen molar-refractivity contribution < 1.29 is 9.53 Å². The van der Waals surface area contributed by atoms with Crippen LogP contribution < -0.4 is 4.74 Å². The second-order valence-electron chi connectivity index (χ2n) is 4.17. The van der Waals surface area contributed by atoms with E-state index in [0.717, 1.165) is 12.0 Å². The lowest BCUT2D eigenvalue weighted by Crippen LogP contribution is -2.02. The van der Waals surface area contributed by atoms with Crippen LogP contribution in [0.25, 0.3) is 0 Å². The molecule has 0 aromatic heterocycles. The number of aldehydes is 1. The van der Waals surface area contributed by atoms with Gasteiger partial charge in [0.2, 0.25) is 0 Å². The summed E-state index contributed by atoms with van der Waals surface area (Å²) < 4.78 is 5.62. The van der Waals surface area contributed by atoms with Gasteiger partial charge in [-0.15, -0.1) is 11.8 Å². The minimum absolute atomic E-state index is 0.587. The monoisotopic (exact) mass is 272 g/mol. The molecule has 0 unspecified atom stereocenters. The third-order valence-corrected chi connectivity index (χ3v) is 3.65. The number of rotatable bonds is 6. The highest BCUT2D eigenvalue weighted by Gasteiger charge is 2.01. The first-order valence-electron chi connectivity index (χ1n) is 6.16. The average Bonchev–Trinajstić information content (AvgIpc) is 2.46. The van der Waals surface area contributed by atoms with Gasteiger partial charge in [0.15, 0.2) is 6.29 Å². The van der Waals surface area contributed by atoms with E-state index in [2.05, 4.69) is 31.2 Å². The zero-order chi connectivity index (χ0) is 13.5. The molecule has 2 aromatic carbocycles. The largest absolute Gasteiger partial charge is 0.492 e. The molecule has 19 heavy (non-hydrogen) atoms. The van der Waals surface area contributed by atoms with Gasteiger partial charge in [0.05, 0.1) is 12.2 Å². The van der Waals surface area contributed by atoms with Crippen LogP contribution in [0, 0.1) is 6.92 Å². The van der Waals surface area contributed by atoms with Crippen molar-refractivity contribution in [1.29, 1.82) is 0 Å². The van der Waals surface area contributed by atoms with Crippen LogP contribution in [0.15, 0.2) is 53.4 Å². The van der Waals surface area contributed by atoms with E-state index in [1.807, 2.05) is 18.2 Å². The van der Waals surface area contributed by atoms with Crippen molar-refractivity contribution in [2.24, 2.45) is 0 Å². The molecule has 0 fully saturated rings. The summed E-state index contributed by atoms with van der Waals surface area (Å²) in [5.74, 6) is 1.51. The molecule has 0 aliphatic rings. The quantitative estimate of drug-likeness (QED) is 0.452. The van der Waals surface area contributed by atoms with Crippen LogP contribution in [0.5, 0.6) is 5.75 Å². The van der Waals surface area contributed by atoms with E-state index in [0.29, 0.717) is 17.9 Å². The first-order chi connectivity index (χ1) is 9.29. The molecule has 2 rings (SSSR count). The fourth-order valence-electron chi connectivity index (χ4n) is 1.65. The molecule has 0 aliphatic heterocycles. The number of para-hydroxylation sites is 1. The summed E-state index contributed by atoms with van der Waals surface area (Å²) in [5, 5.41) is 0. The molecule has 0 saturated carbocycles. The SMILES string of the molecule is Cc1ccc(SCCOc2ccccc2C=O)cc1. The molecule has 0 bridgehead atoms. The summed E-state index contributed by atoms with van der Waals surface area (Å²) in [5.41, 5.74) is 1.86. The predicted octanol–water partition coefficient (Wildman–Crippen LogP) is 3.98. The number of hydrogen-bond donors (Lipinski definition) is 0. The number of benzene rings is 2.